The maximum Gasteiger partial charge on any atom is 0.307 e. The third-order valence-corrected chi connectivity index (χ3v) is 3.24. The molecule has 2 rings (SSSR count). The SMILES string of the molecule is CCCc1nc(COc2cccc(CC(=O)O)c2)c(CC)o1. The zero-order valence-electron chi connectivity index (χ0n) is 13.0. The van der Waals surface area contributed by atoms with Crippen LogP contribution in [0.15, 0.2) is 28.7 Å². The average molecular weight is 303 g/mol. The highest BCUT2D eigenvalue weighted by Gasteiger charge is 2.12. The number of oxazole rings is 1. The monoisotopic (exact) mass is 303 g/mol. The normalized spacial score (nSPS) is 10.6. The topological polar surface area (TPSA) is 72.6 Å². The quantitative estimate of drug-likeness (QED) is 0.809. The molecule has 0 amide bonds. The van der Waals surface area contributed by atoms with E-state index < -0.39 is 5.97 Å². The van der Waals surface area contributed by atoms with Crippen LogP contribution in [0.3, 0.4) is 0 Å². The highest BCUT2D eigenvalue weighted by molar-refractivity contribution is 5.70. The van der Waals surface area contributed by atoms with Crippen LogP contribution in [-0.4, -0.2) is 16.1 Å². The molecule has 1 aromatic carbocycles. The Hall–Kier alpha value is -2.30. The molecule has 1 heterocycles. The molecular formula is C17H21NO4. The lowest BCUT2D eigenvalue weighted by Crippen LogP contribution is -2.02. The van der Waals surface area contributed by atoms with Gasteiger partial charge in [0.2, 0.25) is 0 Å². The van der Waals surface area contributed by atoms with Crippen LogP contribution in [0.4, 0.5) is 0 Å². The molecule has 5 nitrogen and oxygen atoms in total. The van der Waals surface area contributed by atoms with Gasteiger partial charge in [-0.2, -0.15) is 0 Å². The second-order valence-corrected chi connectivity index (χ2v) is 5.09. The van der Waals surface area contributed by atoms with Crippen molar-refractivity contribution in [2.45, 2.75) is 46.1 Å². The van der Waals surface area contributed by atoms with Gasteiger partial charge in [0, 0.05) is 12.8 Å². The number of aromatic nitrogens is 1. The highest BCUT2D eigenvalue weighted by Crippen LogP contribution is 2.18. The molecule has 22 heavy (non-hydrogen) atoms. The first kappa shape index (κ1) is 16.1. The second kappa shape index (κ2) is 7.64. The number of carboxylic acids is 1. The van der Waals surface area contributed by atoms with Crippen molar-refractivity contribution in [1.29, 1.82) is 0 Å². The third kappa shape index (κ3) is 4.35. The summed E-state index contributed by atoms with van der Waals surface area (Å²) in [7, 11) is 0. The molecule has 0 fully saturated rings. The molecule has 0 aliphatic heterocycles. The van der Waals surface area contributed by atoms with Crippen molar-refractivity contribution in [3.05, 3.63) is 47.2 Å². The van der Waals surface area contributed by atoms with Gasteiger partial charge in [-0.1, -0.05) is 26.0 Å². The number of carbonyl (C=O) groups is 1. The Kier molecular flexibility index (Phi) is 5.58. The number of carboxylic acid groups (broad SMARTS) is 1. The molecule has 0 atom stereocenters. The van der Waals surface area contributed by atoms with Crippen LogP contribution in [0.25, 0.3) is 0 Å². The number of aliphatic carboxylic acids is 1. The third-order valence-electron chi connectivity index (χ3n) is 3.24. The summed E-state index contributed by atoms with van der Waals surface area (Å²) >= 11 is 0. The lowest BCUT2D eigenvalue weighted by atomic mass is 10.1. The lowest BCUT2D eigenvalue weighted by Gasteiger charge is -2.06. The fourth-order valence-electron chi connectivity index (χ4n) is 2.22. The van der Waals surface area contributed by atoms with Gasteiger partial charge in [-0.25, -0.2) is 4.98 Å². The van der Waals surface area contributed by atoms with E-state index in [2.05, 4.69) is 11.9 Å². The molecule has 1 N–H and O–H groups in total. The van der Waals surface area contributed by atoms with Gasteiger partial charge >= 0.3 is 5.97 Å². The summed E-state index contributed by atoms with van der Waals surface area (Å²) in [5, 5.41) is 8.82. The van der Waals surface area contributed by atoms with E-state index in [1.807, 2.05) is 13.0 Å². The molecule has 118 valence electrons. The standard InChI is InChI=1S/C17H21NO4/c1-3-6-16-18-14(15(4-2)22-16)11-21-13-8-5-7-12(9-13)10-17(19)20/h5,7-9H,3-4,6,10-11H2,1-2H3,(H,19,20). The zero-order chi connectivity index (χ0) is 15.9. The maximum atomic E-state index is 10.7. The Labute approximate surface area is 129 Å². The number of aryl methyl sites for hydroxylation is 2. The van der Waals surface area contributed by atoms with Crippen LogP contribution in [0.2, 0.25) is 0 Å². The van der Waals surface area contributed by atoms with Crippen LogP contribution in [-0.2, 0) is 30.7 Å². The van der Waals surface area contributed by atoms with E-state index in [0.717, 1.165) is 36.6 Å². The Morgan fingerprint density at radius 2 is 2.18 bits per heavy atom. The van der Waals surface area contributed by atoms with Gasteiger partial charge in [-0.3, -0.25) is 4.79 Å². The van der Waals surface area contributed by atoms with Crippen LogP contribution in [0.1, 0.15) is 43.2 Å². The summed E-state index contributed by atoms with van der Waals surface area (Å²) in [6.07, 6.45) is 2.57. The zero-order valence-corrected chi connectivity index (χ0v) is 13.0. The molecule has 0 radical (unpaired) electrons. The molecule has 2 aromatic rings. The van der Waals surface area contributed by atoms with Crippen molar-refractivity contribution < 1.29 is 19.1 Å². The van der Waals surface area contributed by atoms with Crippen molar-refractivity contribution in [3.63, 3.8) is 0 Å². The van der Waals surface area contributed by atoms with E-state index >= 15 is 0 Å². The van der Waals surface area contributed by atoms with Crippen LogP contribution in [0.5, 0.6) is 5.75 Å². The molecule has 0 aliphatic rings. The van der Waals surface area contributed by atoms with Gasteiger partial charge in [0.05, 0.1) is 6.42 Å². The van der Waals surface area contributed by atoms with Crippen molar-refractivity contribution in [2.75, 3.05) is 0 Å². The van der Waals surface area contributed by atoms with Crippen molar-refractivity contribution in [1.82, 2.24) is 4.98 Å². The second-order valence-electron chi connectivity index (χ2n) is 5.09. The molecular weight excluding hydrogens is 282 g/mol. The van der Waals surface area contributed by atoms with Gasteiger partial charge in [-0.05, 0) is 24.1 Å². The smallest absolute Gasteiger partial charge is 0.307 e. The number of benzene rings is 1. The summed E-state index contributed by atoms with van der Waals surface area (Å²) < 4.78 is 11.4. The molecule has 0 saturated heterocycles. The van der Waals surface area contributed by atoms with Gasteiger partial charge < -0.3 is 14.3 Å². The van der Waals surface area contributed by atoms with Crippen molar-refractivity contribution in [2.24, 2.45) is 0 Å². The largest absolute Gasteiger partial charge is 0.487 e. The molecule has 0 unspecified atom stereocenters. The van der Waals surface area contributed by atoms with Crippen LogP contribution >= 0.6 is 0 Å². The van der Waals surface area contributed by atoms with Crippen molar-refractivity contribution >= 4 is 5.97 Å². The van der Waals surface area contributed by atoms with Gasteiger partial charge in [0.15, 0.2) is 5.89 Å². The number of rotatable bonds is 8. The van der Waals surface area contributed by atoms with E-state index in [1.165, 1.54) is 0 Å². The summed E-state index contributed by atoms with van der Waals surface area (Å²) in [5.41, 5.74) is 1.53. The molecule has 0 bridgehead atoms. The average Bonchev–Trinajstić information content (AvgIpc) is 2.87. The van der Waals surface area contributed by atoms with Crippen molar-refractivity contribution in [3.8, 4) is 5.75 Å². The minimum atomic E-state index is -0.855. The Bertz CT molecular complexity index is 633. The van der Waals surface area contributed by atoms with E-state index in [-0.39, 0.29) is 6.42 Å². The maximum absolute atomic E-state index is 10.7. The fraction of sp³-hybridized carbons (Fsp3) is 0.412. The first-order valence-corrected chi connectivity index (χ1v) is 7.53. The minimum absolute atomic E-state index is 0.0119. The summed E-state index contributed by atoms with van der Waals surface area (Å²) in [5.74, 6) is 1.38. The van der Waals surface area contributed by atoms with Gasteiger partial charge in [0.25, 0.3) is 0 Å². The van der Waals surface area contributed by atoms with Gasteiger partial charge in [0.1, 0.15) is 23.8 Å². The summed E-state index contributed by atoms with van der Waals surface area (Å²) in [4.78, 5) is 15.2. The summed E-state index contributed by atoms with van der Waals surface area (Å²) in [6, 6.07) is 7.12. The molecule has 0 saturated carbocycles. The Balaban J connectivity index is 2.04. The van der Waals surface area contributed by atoms with E-state index in [4.69, 9.17) is 14.3 Å². The number of ether oxygens (including phenoxy) is 1. The first-order chi connectivity index (χ1) is 10.6. The minimum Gasteiger partial charge on any atom is -0.487 e. The Morgan fingerprint density at radius 3 is 2.86 bits per heavy atom. The molecule has 1 aromatic heterocycles. The molecule has 5 heteroatoms. The summed E-state index contributed by atoms with van der Waals surface area (Å²) in [6.45, 7) is 4.43. The predicted octanol–water partition coefficient (Wildman–Crippen LogP) is 3.40. The van der Waals surface area contributed by atoms with Crippen LogP contribution < -0.4 is 4.74 Å². The lowest BCUT2D eigenvalue weighted by molar-refractivity contribution is -0.136. The van der Waals surface area contributed by atoms with Gasteiger partial charge in [-0.15, -0.1) is 0 Å². The molecule has 0 aliphatic carbocycles. The van der Waals surface area contributed by atoms with Crippen LogP contribution in [0, 0.1) is 0 Å². The number of hydrogen-bond donors (Lipinski definition) is 1. The fourth-order valence-corrected chi connectivity index (χ4v) is 2.22. The predicted molar refractivity (Wildman–Crippen MR) is 82.0 cm³/mol. The molecule has 0 spiro atoms. The first-order valence-electron chi connectivity index (χ1n) is 7.53. The van der Waals surface area contributed by atoms with E-state index in [1.54, 1.807) is 18.2 Å². The number of nitrogens with zero attached hydrogens (tertiary/aromatic N) is 1. The van der Waals surface area contributed by atoms with E-state index in [9.17, 15) is 4.79 Å². The Morgan fingerprint density at radius 1 is 1.36 bits per heavy atom. The highest BCUT2D eigenvalue weighted by atomic mass is 16.5. The number of hydrogen-bond acceptors (Lipinski definition) is 4. The van der Waals surface area contributed by atoms with E-state index in [0.29, 0.717) is 17.9 Å².